The predicted molar refractivity (Wildman–Crippen MR) is 108 cm³/mol. The Hall–Kier alpha value is -3.19. The van der Waals surface area contributed by atoms with Crippen molar-refractivity contribution in [1.82, 2.24) is 10.2 Å². The third-order valence-corrected chi connectivity index (χ3v) is 4.02. The minimum atomic E-state index is -0.475. The molecule has 0 aliphatic heterocycles. The van der Waals surface area contributed by atoms with Crippen LogP contribution in [0.3, 0.4) is 0 Å². The number of rotatable bonds is 8. The van der Waals surface area contributed by atoms with E-state index in [9.17, 15) is 14.4 Å². The number of methoxy groups -OCH3 is 1. The summed E-state index contributed by atoms with van der Waals surface area (Å²) >= 11 is 0. The lowest BCUT2D eigenvalue weighted by molar-refractivity contribution is 0.0600. The van der Waals surface area contributed by atoms with Gasteiger partial charge in [-0.15, -0.1) is 0 Å². The molecule has 7 nitrogen and oxygen atoms in total. The number of esters is 1. The number of ether oxygens (including phenoxy) is 1. The largest absolute Gasteiger partial charge is 0.465 e. The number of benzene rings is 2. The molecule has 148 valence electrons. The van der Waals surface area contributed by atoms with Gasteiger partial charge < -0.3 is 20.3 Å². The molecule has 2 N–H and O–H groups in total. The van der Waals surface area contributed by atoms with E-state index in [0.29, 0.717) is 28.9 Å². The molecule has 28 heavy (non-hydrogen) atoms. The lowest BCUT2D eigenvalue weighted by Crippen LogP contribution is -2.27. The topological polar surface area (TPSA) is 87.7 Å². The van der Waals surface area contributed by atoms with Gasteiger partial charge in [-0.25, -0.2) is 4.79 Å². The van der Waals surface area contributed by atoms with Crippen LogP contribution in [0, 0.1) is 0 Å². The molecule has 0 spiro atoms. The van der Waals surface area contributed by atoms with E-state index in [1.807, 2.05) is 14.1 Å². The second-order valence-corrected chi connectivity index (χ2v) is 6.52. The Labute approximate surface area is 164 Å². The summed E-state index contributed by atoms with van der Waals surface area (Å²) in [7, 11) is 5.27. The molecule has 0 saturated heterocycles. The molecule has 2 rings (SSSR count). The van der Waals surface area contributed by atoms with Gasteiger partial charge in [-0.2, -0.15) is 0 Å². The van der Waals surface area contributed by atoms with E-state index in [4.69, 9.17) is 0 Å². The van der Waals surface area contributed by atoms with E-state index in [1.165, 1.54) is 7.11 Å². The maximum Gasteiger partial charge on any atom is 0.337 e. The van der Waals surface area contributed by atoms with Crippen LogP contribution in [-0.2, 0) is 4.74 Å². The zero-order chi connectivity index (χ0) is 20.5. The quantitative estimate of drug-likeness (QED) is 0.540. The fourth-order valence-electron chi connectivity index (χ4n) is 2.52. The van der Waals surface area contributed by atoms with Crippen LogP contribution in [0.1, 0.15) is 37.5 Å². The van der Waals surface area contributed by atoms with Gasteiger partial charge in [-0.1, -0.05) is 6.07 Å². The van der Waals surface area contributed by atoms with Crippen molar-refractivity contribution in [2.75, 3.05) is 39.6 Å². The van der Waals surface area contributed by atoms with E-state index in [-0.39, 0.29) is 11.8 Å². The molecule has 2 aromatic carbocycles. The Morgan fingerprint density at radius 1 is 0.929 bits per heavy atom. The summed E-state index contributed by atoms with van der Waals surface area (Å²) < 4.78 is 4.67. The maximum atomic E-state index is 12.4. The molecule has 0 fully saturated rings. The Morgan fingerprint density at radius 2 is 1.57 bits per heavy atom. The standard InChI is InChI=1S/C21H25N3O4/c1-24(2)13-5-12-22-19(25)15-8-10-16(11-9-15)20(26)23-18-7-4-6-17(14-18)21(27)28-3/h4,6-11,14H,5,12-13H2,1-3H3,(H,22,25)(H,23,26). The molecular weight excluding hydrogens is 358 g/mol. The molecule has 2 aromatic rings. The second kappa shape index (κ2) is 10.2. The first-order chi connectivity index (χ1) is 13.4. The van der Waals surface area contributed by atoms with Crippen molar-refractivity contribution < 1.29 is 19.1 Å². The number of carbonyl (C=O) groups excluding carboxylic acids is 3. The summed E-state index contributed by atoms with van der Waals surface area (Å²) in [6, 6.07) is 12.9. The smallest absolute Gasteiger partial charge is 0.337 e. The molecule has 0 radical (unpaired) electrons. The van der Waals surface area contributed by atoms with E-state index in [0.717, 1.165) is 13.0 Å². The summed E-state index contributed by atoms with van der Waals surface area (Å²) in [6.45, 7) is 1.49. The first kappa shape index (κ1) is 21.1. The van der Waals surface area contributed by atoms with E-state index >= 15 is 0 Å². The number of nitrogens with zero attached hydrogens (tertiary/aromatic N) is 1. The van der Waals surface area contributed by atoms with Crippen LogP contribution in [0.2, 0.25) is 0 Å². The van der Waals surface area contributed by atoms with E-state index in [2.05, 4.69) is 20.3 Å². The first-order valence-corrected chi connectivity index (χ1v) is 8.93. The fraction of sp³-hybridized carbons (Fsp3) is 0.286. The Kier molecular flexibility index (Phi) is 7.71. The van der Waals surface area contributed by atoms with Crippen molar-refractivity contribution in [3.05, 3.63) is 65.2 Å². The molecule has 2 amide bonds. The van der Waals surface area contributed by atoms with Gasteiger partial charge in [-0.3, -0.25) is 9.59 Å². The molecule has 0 aromatic heterocycles. The minimum absolute atomic E-state index is 0.170. The summed E-state index contributed by atoms with van der Waals surface area (Å²) in [6.07, 6.45) is 0.865. The third kappa shape index (κ3) is 6.21. The van der Waals surface area contributed by atoms with Gasteiger partial charge >= 0.3 is 5.97 Å². The van der Waals surface area contributed by atoms with Crippen molar-refractivity contribution in [3.8, 4) is 0 Å². The predicted octanol–water partition coefficient (Wildman–Crippen LogP) is 2.41. The average molecular weight is 383 g/mol. The van der Waals surface area contributed by atoms with E-state index in [1.54, 1.807) is 48.5 Å². The number of carbonyl (C=O) groups is 3. The van der Waals surface area contributed by atoms with Gasteiger partial charge in [0.25, 0.3) is 11.8 Å². The highest BCUT2D eigenvalue weighted by Crippen LogP contribution is 2.14. The molecule has 0 aliphatic rings. The van der Waals surface area contributed by atoms with Crippen LogP contribution in [0.4, 0.5) is 5.69 Å². The van der Waals surface area contributed by atoms with Gasteiger partial charge in [-0.05, 0) is 69.5 Å². The maximum absolute atomic E-state index is 12.4. The highest BCUT2D eigenvalue weighted by atomic mass is 16.5. The molecule has 0 aliphatic carbocycles. The molecule has 0 saturated carbocycles. The fourth-order valence-corrected chi connectivity index (χ4v) is 2.52. The monoisotopic (exact) mass is 383 g/mol. The van der Waals surface area contributed by atoms with Crippen molar-refractivity contribution in [1.29, 1.82) is 0 Å². The van der Waals surface area contributed by atoms with Gasteiger partial charge in [0, 0.05) is 23.4 Å². The van der Waals surface area contributed by atoms with Crippen LogP contribution in [0.5, 0.6) is 0 Å². The number of hydrogen-bond donors (Lipinski definition) is 2. The molecule has 0 atom stereocenters. The average Bonchev–Trinajstić information content (AvgIpc) is 2.70. The molecule has 0 bridgehead atoms. The van der Waals surface area contributed by atoms with Crippen molar-refractivity contribution in [2.45, 2.75) is 6.42 Å². The zero-order valence-corrected chi connectivity index (χ0v) is 16.3. The number of hydrogen-bond acceptors (Lipinski definition) is 5. The second-order valence-electron chi connectivity index (χ2n) is 6.52. The SMILES string of the molecule is COC(=O)c1cccc(NC(=O)c2ccc(C(=O)NCCCN(C)C)cc2)c1. The zero-order valence-electron chi connectivity index (χ0n) is 16.3. The number of amides is 2. The van der Waals surface area contributed by atoms with Gasteiger partial charge in [0.15, 0.2) is 0 Å². The van der Waals surface area contributed by atoms with Gasteiger partial charge in [0.1, 0.15) is 0 Å². The number of nitrogens with one attached hydrogen (secondary N) is 2. The van der Waals surface area contributed by atoms with Crippen LogP contribution in [0.25, 0.3) is 0 Å². The van der Waals surface area contributed by atoms with Gasteiger partial charge in [0.2, 0.25) is 0 Å². The first-order valence-electron chi connectivity index (χ1n) is 8.93. The Bertz CT molecular complexity index is 832. The molecule has 0 unspecified atom stereocenters. The Morgan fingerprint density at radius 3 is 2.18 bits per heavy atom. The van der Waals surface area contributed by atoms with Crippen molar-refractivity contribution in [2.24, 2.45) is 0 Å². The number of anilines is 1. The van der Waals surface area contributed by atoms with Crippen LogP contribution >= 0.6 is 0 Å². The summed E-state index contributed by atoms with van der Waals surface area (Å²) in [4.78, 5) is 38.1. The summed E-state index contributed by atoms with van der Waals surface area (Å²) in [5.74, 6) is -0.978. The highest BCUT2D eigenvalue weighted by molar-refractivity contribution is 6.05. The van der Waals surface area contributed by atoms with E-state index < -0.39 is 5.97 Å². The van der Waals surface area contributed by atoms with Crippen LogP contribution in [0.15, 0.2) is 48.5 Å². The van der Waals surface area contributed by atoms with Gasteiger partial charge in [0.05, 0.1) is 12.7 Å². The third-order valence-electron chi connectivity index (χ3n) is 4.02. The normalized spacial score (nSPS) is 10.4. The Balaban J connectivity index is 1.94. The van der Waals surface area contributed by atoms with Crippen LogP contribution in [-0.4, -0.2) is 57.0 Å². The molecule has 0 heterocycles. The molecular formula is C21H25N3O4. The minimum Gasteiger partial charge on any atom is -0.465 e. The van der Waals surface area contributed by atoms with Crippen molar-refractivity contribution >= 4 is 23.5 Å². The molecule has 7 heteroatoms. The highest BCUT2D eigenvalue weighted by Gasteiger charge is 2.11. The summed E-state index contributed by atoms with van der Waals surface area (Å²) in [5.41, 5.74) is 1.74. The lowest BCUT2D eigenvalue weighted by atomic mass is 10.1. The van der Waals surface area contributed by atoms with Crippen molar-refractivity contribution in [3.63, 3.8) is 0 Å². The lowest BCUT2D eigenvalue weighted by Gasteiger charge is -2.10. The van der Waals surface area contributed by atoms with Crippen LogP contribution < -0.4 is 10.6 Å². The summed E-state index contributed by atoms with van der Waals surface area (Å²) in [5, 5.41) is 5.58.